The van der Waals surface area contributed by atoms with Crippen LogP contribution in [0.25, 0.3) is 10.9 Å². The Hall–Kier alpha value is -2.58. The predicted molar refractivity (Wildman–Crippen MR) is 109 cm³/mol. The molecule has 0 radical (unpaired) electrons. The second kappa shape index (κ2) is 9.76. The monoisotopic (exact) mass is 418 g/mol. The van der Waals surface area contributed by atoms with Crippen molar-refractivity contribution in [3.05, 3.63) is 70.0 Å². The quantitative estimate of drug-likeness (QED) is 0.227. The van der Waals surface area contributed by atoms with Crippen molar-refractivity contribution >= 4 is 28.4 Å². The van der Waals surface area contributed by atoms with Crippen LogP contribution in [-0.4, -0.2) is 34.3 Å². The highest BCUT2D eigenvalue weighted by atomic mass is 32.2. The molecule has 3 rings (SSSR count). The van der Waals surface area contributed by atoms with E-state index in [-0.39, 0.29) is 22.7 Å². The van der Waals surface area contributed by atoms with Gasteiger partial charge in [-0.2, -0.15) is 0 Å². The Labute approximate surface area is 170 Å². The van der Waals surface area contributed by atoms with Crippen LogP contribution < -0.4 is 5.56 Å². The van der Waals surface area contributed by atoms with E-state index in [1.807, 2.05) is 6.92 Å². The summed E-state index contributed by atoms with van der Waals surface area (Å²) < 4.78 is 33.3. The molecule has 0 aliphatic rings. The zero-order valence-electron chi connectivity index (χ0n) is 15.9. The van der Waals surface area contributed by atoms with Crippen molar-refractivity contribution < 1.29 is 18.3 Å². The Bertz CT molecular complexity index is 1090. The van der Waals surface area contributed by atoms with Crippen molar-refractivity contribution in [1.29, 1.82) is 0 Å². The molecule has 1 heterocycles. The van der Waals surface area contributed by atoms with E-state index >= 15 is 0 Å². The first-order chi connectivity index (χ1) is 14.0. The Kier molecular flexibility index (Phi) is 7.11. The summed E-state index contributed by atoms with van der Waals surface area (Å²) in [6.45, 7) is 3.40. The molecule has 0 unspecified atom stereocenters. The minimum Gasteiger partial charge on any atom is -0.382 e. The second-order valence-corrected chi connectivity index (χ2v) is 7.20. The van der Waals surface area contributed by atoms with Gasteiger partial charge in [-0.3, -0.25) is 14.2 Å². The summed E-state index contributed by atoms with van der Waals surface area (Å²) >= 11 is 1.10. The first kappa shape index (κ1) is 21.1. The normalized spacial score (nSPS) is 11.1. The molecular formula is C21H20F2N2O3S. The topological polar surface area (TPSA) is 61.2 Å². The third kappa shape index (κ3) is 5.07. The maximum atomic E-state index is 13.4. The van der Waals surface area contributed by atoms with Gasteiger partial charge in [0.15, 0.2) is 22.6 Å². The van der Waals surface area contributed by atoms with Gasteiger partial charge in [-0.05, 0) is 43.7 Å². The Morgan fingerprint density at radius 1 is 1.17 bits per heavy atom. The van der Waals surface area contributed by atoms with Crippen LogP contribution in [0.3, 0.4) is 0 Å². The van der Waals surface area contributed by atoms with E-state index in [0.717, 1.165) is 23.9 Å². The van der Waals surface area contributed by atoms with Crippen LogP contribution >= 0.6 is 11.8 Å². The lowest BCUT2D eigenvalue weighted by atomic mass is 10.1. The number of benzene rings is 2. The fourth-order valence-corrected chi connectivity index (χ4v) is 3.73. The summed E-state index contributed by atoms with van der Waals surface area (Å²) in [6, 6.07) is 10.0. The second-order valence-electron chi connectivity index (χ2n) is 6.26. The van der Waals surface area contributed by atoms with Gasteiger partial charge >= 0.3 is 0 Å². The van der Waals surface area contributed by atoms with E-state index < -0.39 is 11.6 Å². The number of carbonyl (C=O) groups excluding carboxylic acids is 1. The van der Waals surface area contributed by atoms with Crippen LogP contribution in [0.4, 0.5) is 8.78 Å². The first-order valence-corrected chi connectivity index (χ1v) is 10.2. The third-order valence-electron chi connectivity index (χ3n) is 4.28. The predicted octanol–water partition coefficient (Wildman–Crippen LogP) is 4.08. The lowest BCUT2D eigenvalue weighted by molar-refractivity contribution is 0.102. The van der Waals surface area contributed by atoms with Crippen molar-refractivity contribution in [3.8, 4) is 0 Å². The van der Waals surface area contributed by atoms with Gasteiger partial charge in [0.2, 0.25) is 0 Å². The highest BCUT2D eigenvalue weighted by Crippen LogP contribution is 2.20. The fraction of sp³-hybridized carbons (Fsp3) is 0.286. The van der Waals surface area contributed by atoms with Gasteiger partial charge in [0.1, 0.15) is 0 Å². The van der Waals surface area contributed by atoms with E-state index in [2.05, 4.69) is 4.98 Å². The molecule has 3 aromatic rings. The van der Waals surface area contributed by atoms with Crippen LogP contribution in [0.15, 0.2) is 52.4 Å². The number of ether oxygens (including phenoxy) is 1. The van der Waals surface area contributed by atoms with Crippen molar-refractivity contribution in [2.75, 3.05) is 19.0 Å². The van der Waals surface area contributed by atoms with Crippen molar-refractivity contribution in [2.45, 2.75) is 25.0 Å². The van der Waals surface area contributed by atoms with Crippen LogP contribution in [0.1, 0.15) is 23.7 Å². The molecule has 29 heavy (non-hydrogen) atoms. The number of hydrogen-bond donors (Lipinski definition) is 0. The average Bonchev–Trinajstić information content (AvgIpc) is 2.73. The molecule has 0 atom stereocenters. The molecule has 152 valence electrons. The number of thioether (sulfide) groups is 1. The van der Waals surface area contributed by atoms with Gasteiger partial charge in [0, 0.05) is 25.3 Å². The summed E-state index contributed by atoms with van der Waals surface area (Å²) in [4.78, 5) is 29.8. The molecule has 0 aliphatic carbocycles. The molecule has 0 saturated heterocycles. The Balaban J connectivity index is 1.85. The van der Waals surface area contributed by atoms with Crippen LogP contribution in [0.5, 0.6) is 0 Å². The lowest BCUT2D eigenvalue weighted by Crippen LogP contribution is -2.24. The Morgan fingerprint density at radius 2 is 1.97 bits per heavy atom. The zero-order valence-corrected chi connectivity index (χ0v) is 16.7. The summed E-state index contributed by atoms with van der Waals surface area (Å²) in [5.74, 6) is -2.51. The lowest BCUT2D eigenvalue weighted by Gasteiger charge is -2.13. The van der Waals surface area contributed by atoms with Crippen LogP contribution in [0, 0.1) is 11.6 Å². The molecule has 0 bridgehead atoms. The summed E-state index contributed by atoms with van der Waals surface area (Å²) in [5.41, 5.74) is 0.429. The van der Waals surface area contributed by atoms with Gasteiger partial charge in [-0.25, -0.2) is 13.8 Å². The van der Waals surface area contributed by atoms with Crippen LogP contribution in [-0.2, 0) is 11.3 Å². The maximum absolute atomic E-state index is 13.4. The summed E-state index contributed by atoms with van der Waals surface area (Å²) in [6.07, 6.45) is 0.623. The van der Waals surface area contributed by atoms with Crippen molar-refractivity contribution in [2.24, 2.45) is 0 Å². The molecule has 1 aromatic heterocycles. The molecule has 0 fully saturated rings. The molecule has 0 amide bonds. The summed E-state index contributed by atoms with van der Waals surface area (Å²) in [7, 11) is 0. The van der Waals surface area contributed by atoms with Crippen molar-refractivity contribution in [3.63, 3.8) is 0 Å². The smallest absolute Gasteiger partial charge is 0.262 e. The fourth-order valence-electron chi connectivity index (χ4n) is 2.81. The maximum Gasteiger partial charge on any atom is 0.262 e. The number of nitrogens with zero attached hydrogens (tertiary/aromatic N) is 2. The van der Waals surface area contributed by atoms with Gasteiger partial charge in [0.05, 0.1) is 16.7 Å². The zero-order chi connectivity index (χ0) is 20.8. The molecule has 0 spiro atoms. The van der Waals surface area contributed by atoms with Gasteiger partial charge in [-0.1, -0.05) is 23.9 Å². The standard InChI is InChI=1S/C21H20F2N2O3S/c1-2-28-11-5-10-25-20(27)15-6-3-4-7-18(15)24-21(25)29-13-19(26)14-8-9-16(22)17(23)12-14/h3-4,6-9,12H,2,5,10-11,13H2,1H3. The van der Waals surface area contributed by atoms with Gasteiger partial charge in [0.25, 0.3) is 5.56 Å². The number of ketones is 1. The average molecular weight is 418 g/mol. The van der Waals surface area contributed by atoms with E-state index in [4.69, 9.17) is 4.74 Å². The molecule has 0 N–H and O–H groups in total. The minimum absolute atomic E-state index is 0.0543. The van der Waals surface area contributed by atoms with Gasteiger partial charge < -0.3 is 4.74 Å². The minimum atomic E-state index is -1.07. The van der Waals surface area contributed by atoms with E-state index in [9.17, 15) is 18.4 Å². The van der Waals surface area contributed by atoms with E-state index in [0.29, 0.717) is 42.2 Å². The van der Waals surface area contributed by atoms with Crippen molar-refractivity contribution in [1.82, 2.24) is 9.55 Å². The molecule has 8 heteroatoms. The highest BCUT2D eigenvalue weighted by molar-refractivity contribution is 7.99. The SMILES string of the molecule is CCOCCCn1c(SCC(=O)c2ccc(F)c(F)c2)nc2ccccc2c1=O. The number of Topliss-reactive ketones (excluding diaryl/α,β-unsaturated/α-hetero) is 1. The van der Waals surface area contributed by atoms with E-state index in [1.54, 1.807) is 24.3 Å². The number of carbonyl (C=O) groups is 1. The van der Waals surface area contributed by atoms with Crippen LogP contribution in [0.2, 0.25) is 0 Å². The number of aromatic nitrogens is 2. The number of rotatable bonds is 9. The molecular weight excluding hydrogens is 398 g/mol. The third-order valence-corrected chi connectivity index (χ3v) is 5.25. The molecule has 0 saturated carbocycles. The largest absolute Gasteiger partial charge is 0.382 e. The van der Waals surface area contributed by atoms with Gasteiger partial charge in [-0.15, -0.1) is 0 Å². The number of para-hydroxylation sites is 1. The highest BCUT2D eigenvalue weighted by Gasteiger charge is 2.15. The number of fused-ring (bicyclic) bond motifs is 1. The Morgan fingerprint density at radius 3 is 2.72 bits per heavy atom. The summed E-state index contributed by atoms with van der Waals surface area (Å²) in [5, 5.41) is 0.904. The van der Waals surface area contributed by atoms with E-state index in [1.165, 1.54) is 10.6 Å². The molecule has 0 aliphatic heterocycles. The molecule has 5 nitrogen and oxygen atoms in total. The molecule has 2 aromatic carbocycles. The number of hydrogen-bond acceptors (Lipinski definition) is 5. The number of halogens is 2. The first-order valence-electron chi connectivity index (χ1n) is 9.19.